The van der Waals surface area contributed by atoms with E-state index < -0.39 is 0 Å². The van der Waals surface area contributed by atoms with Crippen LogP contribution in [-0.4, -0.2) is 53.8 Å². The van der Waals surface area contributed by atoms with E-state index in [0.717, 1.165) is 23.9 Å². The van der Waals surface area contributed by atoms with Gasteiger partial charge < -0.3 is 15.0 Å². The van der Waals surface area contributed by atoms with Crippen LogP contribution in [0.4, 0.5) is 11.4 Å². The van der Waals surface area contributed by atoms with Crippen LogP contribution in [0.25, 0.3) is 0 Å². The smallest absolute Gasteiger partial charge is 0.221 e. The molecule has 0 atom stereocenters. The number of nitrogens with zero attached hydrogens (tertiary/aromatic N) is 2. The molecule has 0 aliphatic carbocycles. The van der Waals surface area contributed by atoms with Gasteiger partial charge in [0.1, 0.15) is 0 Å². The van der Waals surface area contributed by atoms with E-state index in [1.807, 2.05) is 30.3 Å². The first-order valence-electron chi connectivity index (χ1n) is 9.12. The summed E-state index contributed by atoms with van der Waals surface area (Å²) in [6.45, 7) is 4.30. The molecule has 28 heavy (non-hydrogen) atoms. The molecule has 0 aromatic heterocycles. The third-order valence-electron chi connectivity index (χ3n) is 4.12. The van der Waals surface area contributed by atoms with Crippen LogP contribution < -0.4 is 5.32 Å². The number of aliphatic imine (C=N–C) groups is 1. The van der Waals surface area contributed by atoms with Crippen molar-refractivity contribution in [1.29, 1.82) is 0 Å². The highest BCUT2D eigenvalue weighted by molar-refractivity contribution is 8.14. The standard InChI is InChI=1S/C21H23N3O3S/c1-16(25)22-19-9-7-17(8-10-19)20(26)15-28-21(24-11-13-27-14-12-24)23-18-5-3-2-4-6-18/h2-10H,11-15H2,1H3,(H,22,25). The summed E-state index contributed by atoms with van der Waals surface area (Å²) in [6.07, 6.45) is 0. The SMILES string of the molecule is CC(=O)Nc1ccc(C(=O)CSC(=Nc2ccccc2)N2CCOCC2)cc1. The molecule has 1 saturated heterocycles. The highest BCUT2D eigenvalue weighted by atomic mass is 32.2. The molecular formula is C21H23N3O3S. The number of carbonyl (C=O) groups excluding carboxylic acids is 2. The van der Waals surface area contributed by atoms with Crippen LogP contribution in [0.3, 0.4) is 0 Å². The number of hydrogen-bond acceptors (Lipinski definition) is 5. The first kappa shape index (κ1) is 20.1. The number of carbonyl (C=O) groups is 2. The van der Waals surface area contributed by atoms with Gasteiger partial charge in [-0.25, -0.2) is 4.99 Å². The van der Waals surface area contributed by atoms with Gasteiger partial charge in [0, 0.05) is 31.3 Å². The number of anilines is 1. The fraction of sp³-hybridized carbons (Fsp3) is 0.286. The largest absolute Gasteiger partial charge is 0.378 e. The maximum atomic E-state index is 12.6. The van der Waals surface area contributed by atoms with Crippen LogP contribution in [0.5, 0.6) is 0 Å². The number of ether oxygens (including phenoxy) is 1. The van der Waals surface area contributed by atoms with E-state index in [1.165, 1.54) is 18.7 Å². The second-order valence-corrected chi connectivity index (χ2v) is 7.24. The highest BCUT2D eigenvalue weighted by Gasteiger charge is 2.18. The summed E-state index contributed by atoms with van der Waals surface area (Å²) in [5.41, 5.74) is 2.16. The molecule has 0 saturated carbocycles. The van der Waals surface area contributed by atoms with E-state index in [2.05, 4.69) is 10.2 Å². The third kappa shape index (κ3) is 5.94. The normalized spacial score (nSPS) is 14.6. The summed E-state index contributed by atoms with van der Waals surface area (Å²) in [7, 11) is 0. The van der Waals surface area contributed by atoms with Crippen molar-refractivity contribution in [2.75, 3.05) is 37.4 Å². The number of ketones is 1. The van der Waals surface area contributed by atoms with E-state index in [-0.39, 0.29) is 11.7 Å². The van der Waals surface area contributed by atoms with Crippen LogP contribution in [0, 0.1) is 0 Å². The van der Waals surface area contributed by atoms with Crippen LogP contribution >= 0.6 is 11.8 Å². The zero-order chi connectivity index (χ0) is 19.8. The summed E-state index contributed by atoms with van der Waals surface area (Å²) >= 11 is 1.44. The van der Waals surface area contributed by atoms with Crippen molar-refractivity contribution in [2.45, 2.75) is 6.92 Å². The number of thioether (sulfide) groups is 1. The molecule has 3 rings (SSSR count). The van der Waals surface area contributed by atoms with Gasteiger partial charge in [-0.05, 0) is 36.4 Å². The Labute approximate surface area is 169 Å². The average Bonchev–Trinajstić information content (AvgIpc) is 2.72. The van der Waals surface area contributed by atoms with Crippen LogP contribution in [0.1, 0.15) is 17.3 Å². The lowest BCUT2D eigenvalue weighted by Gasteiger charge is -2.29. The van der Waals surface area contributed by atoms with Gasteiger partial charge in [0.05, 0.1) is 24.7 Å². The Morgan fingerprint density at radius 3 is 2.39 bits per heavy atom. The molecule has 6 nitrogen and oxygen atoms in total. The van der Waals surface area contributed by atoms with Gasteiger partial charge in [0.25, 0.3) is 0 Å². The van der Waals surface area contributed by atoms with Crippen LogP contribution in [0.2, 0.25) is 0 Å². The van der Waals surface area contributed by atoms with Crippen molar-refractivity contribution in [1.82, 2.24) is 4.90 Å². The van der Waals surface area contributed by atoms with Crippen molar-refractivity contribution in [3.05, 3.63) is 60.2 Å². The molecule has 1 heterocycles. The third-order valence-corrected chi connectivity index (χ3v) is 5.14. The topological polar surface area (TPSA) is 71.0 Å². The Bertz CT molecular complexity index is 832. The molecule has 2 aromatic rings. The number of nitrogens with one attached hydrogen (secondary N) is 1. The Morgan fingerprint density at radius 2 is 1.75 bits per heavy atom. The van der Waals surface area contributed by atoms with Gasteiger partial charge >= 0.3 is 0 Å². The minimum absolute atomic E-state index is 0.0217. The first-order chi connectivity index (χ1) is 13.6. The second-order valence-electron chi connectivity index (χ2n) is 6.30. The molecule has 7 heteroatoms. The zero-order valence-electron chi connectivity index (χ0n) is 15.8. The molecule has 0 bridgehead atoms. The number of hydrogen-bond donors (Lipinski definition) is 1. The summed E-state index contributed by atoms with van der Waals surface area (Å²) in [6, 6.07) is 16.7. The van der Waals surface area contributed by atoms with Gasteiger partial charge in [0.15, 0.2) is 11.0 Å². The molecule has 1 N–H and O–H groups in total. The molecule has 0 spiro atoms. The number of rotatable bonds is 5. The van der Waals surface area contributed by atoms with Crippen LogP contribution in [-0.2, 0) is 9.53 Å². The van der Waals surface area contributed by atoms with E-state index in [0.29, 0.717) is 30.2 Å². The molecule has 1 fully saturated rings. The molecule has 146 valence electrons. The van der Waals surface area contributed by atoms with Crippen molar-refractivity contribution in [3.63, 3.8) is 0 Å². The summed E-state index contributed by atoms with van der Waals surface area (Å²) in [5.74, 6) is 0.179. The van der Waals surface area contributed by atoms with Crippen LogP contribution in [0.15, 0.2) is 59.6 Å². The number of para-hydroxylation sites is 1. The Kier molecular flexibility index (Phi) is 7.22. The number of Topliss-reactive ketones (excluding diaryl/α,β-unsaturated/α-hetero) is 1. The fourth-order valence-electron chi connectivity index (χ4n) is 2.72. The van der Waals surface area contributed by atoms with Gasteiger partial charge in [-0.3, -0.25) is 9.59 Å². The lowest BCUT2D eigenvalue weighted by Crippen LogP contribution is -2.39. The average molecular weight is 398 g/mol. The minimum atomic E-state index is -0.137. The quantitative estimate of drug-likeness (QED) is 0.474. The summed E-state index contributed by atoms with van der Waals surface area (Å²) < 4.78 is 5.43. The van der Waals surface area contributed by atoms with Crippen molar-refractivity contribution in [2.24, 2.45) is 4.99 Å². The number of amides is 1. The minimum Gasteiger partial charge on any atom is -0.378 e. The number of amidine groups is 1. The molecule has 0 unspecified atom stereocenters. The maximum absolute atomic E-state index is 12.6. The second kappa shape index (κ2) is 10.1. The molecule has 1 aliphatic rings. The fourth-order valence-corrected chi connectivity index (χ4v) is 3.68. The van der Waals surface area contributed by atoms with Gasteiger partial charge in [-0.1, -0.05) is 30.0 Å². The van der Waals surface area contributed by atoms with Crippen molar-refractivity contribution >= 4 is 40.0 Å². The Balaban J connectivity index is 1.67. The first-order valence-corrected chi connectivity index (χ1v) is 10.1. The van der Waals surface area contributed by atoms with Gasteiger partial charge in [-0.15, -0.1) is 0 Å². The van der Waals surface area contributed by atoms with Gasteiger partial charge in [-0.2, -0.15) is 0 Å². The summed E-state index contributed by atoms with van der Waals surface area (Å²) in [4.78, 5) is 30.6. The predicted octanol–water partition coefficient (Wildman–Crippen LogP) is 3.58. The molecule has 1 amide bonds. The molecule has 2 aromatic carbocycles. The molecule has 0 radical (unpaired) electrons. The number of benzene rings is 2. The lowest BCUT2D eigenvalue weighted by atomic mass is 10.1. The van der Waals surface area contributed by atoms with E-state index >= 15 is 0 Å². The van der Waals surface area contributed by atoms with E-state index in [9.17, 15) is 9.59 Å². The number of morpholine rings is 1. The highest BCUT2D eigenvalue weighted by Crippen LogP contribution is 2.20. The van der Waals surface area contributed by atoms with Crippen molar-refractivity contribution < 1.29 is 14.3 Å². The zero-order valence-corrected chi connectivity index (χ0v) is 16.6. The van der Waals surface area contributed by atoms with E-state index in [4.69, 9.17) is 9.73 Å². The Hall–Kier alpha value is -2.64. The molecular weight excluding hydrogens is 374 g/mol. The van der Waals surface area contributed by atoms with Crippen molar-refractivity contribution in [3.8, 4) is 0 Å². The summed E-state index contributed by atoms with van der Waals surface area (Å²) in [5, 5.41) is 3.53. The monoisotopic (exact) mass is 397 g/mol. The Morgan fingerprint density at radius 1 is 1.07 bits per heavy atom. The maximum Gasteiger partial charge on any atom is 0.221 e. The lowest BCUT2D eigenvalue weighted by molar-refractivity contribution is -0.114. The van der Waals surface area contributed by atoms with Gasteiger partial charge in [0.2, 0.25) is 5.91 Å². The predicted molar refractivity (Wildman–Crippen MR) is 113 cm³/mol. The molecule has 1 aliphatic heterocycles. The van der Waals surface area contributed by atoms with E-state index in [1.54, 1.807) is 24.3 Å².